The van der Waals surface area contributed by atoms with Gasteiger partial charge in [0.25, 0.3) is 0 Å². The molecule has 0 aliphatic heterocycles. The Balaban J connectivity index is 0. The third kappa shape index (κ3) is 17.1. The van der Waals surface area contributed by atoms with Crippen molar-refractivity contribution in [1.29, 1.82) is 0 Å². The molecule has 2 heteroatoms. The molecular formula is C18H41ClSn. The molecule has 0 amide bonds. The Kier molecular flexibility index (Phi) is 21.2. The van der Waals surface area contributed by atoms with Gasteiger partial charge in [0.2, 0.25) is 0 Å². The molecule has 20 heavy (non-hydrogen) atoms. The van der Waals surface area contributed by atoms with Crippen LogP contribution in [0.4, 0.5) is 0 Å². The summed E-state index contributed by atoms with van der Waals surface area (Å²) >= 11 is -2.09. The van der Waals surface area contributed by atoms with Crippen LogP contribution in [0.25, 0.3) is 0 Å². The number of halogens is 1. The number of hydrogen-bond acceptors (Lipinski definition) is 0. The fourth-order valence-electron chi connectivity index (χ4n) is 2.36. The molecule has 0 N–H and O–H groups in total. The first-order valence-electron chi connectivity index (χ1n) is 9.29. The van der Waals surface area contributed by atoms with E-state index in [0.717, 1.165) is 0 Å². The molecule has 0 atom stereocenters. The van der Waals surface area contributed by atoms with Crippen LogP contribution in [-0.4, -0.2) is 17.3 Å². The molecule has 0 fully saturated rings. The summed E-state index contributed by atoms with van der Waals surface area (Å²) in [6.45, 7) is 11.3. The van der Waals surface area contributed by atoms with Crippen molar-refractivity contribution in [1.82, 2.24) is 0 Å². The molecule has 0 bridgehead atoms. The molecule has 0 heterocycles. The predicted octanol–water partition coefficient (Wildman–Crippen LogP) is 8.16. The number of rotatable bonds is 12. The molecule has 0 aliphatic carbocycles. The molecule has 0 spiro atoms. The third-order valence-electron chi connectivity index (χ3n) is 3.89. The van der Waals surface area contributed by atoms with E-state index in [9.17, 15) is 0 Å². The van der Waals surface area contributed by atoms with Gasteiger partial charge in [-0.25, -0.2) is 0 Å². The molecule has 0 rings (SSSR count). The Bertz CT molecular complexity index is 145. The summed E-state index contributed by atoms with van der Waals surface area (Å²) in [6, 6.07) is 0. The van der Waals surface area contributed by atoms with E-state index in [-0.39, 0.29) is 0 Å². The summed E-state index contributed by atoms with van der Waals surface area (Å²) in [5, 5.41) is 0. The molecule has 0 saturated carbocycles. The van der Waals surface area contributed by atoms with Crippen LogP contribution in [0.1, 0.15) is 98.8 Å². The van der Waals surface area contributed by atoms with Crippen LogP contribution in [0.3, 0.4) is 0 Å². The predicted molar refractivity (Wildman–Crippen MR) is 101 cm³/mol. The van der Waals surface area contributed by atoms with Crippen LogP contribution in [0, 0.1) is 0 Å². The van der Waals surface area contributed by atoms with Crippen LogP contribution >= 0.6 is 8.92 Å². The van der Waals surface area contributed by atoms with Gasteiger partial charge >= 0.3 is 98.8 Å². The molecule has 0 aromatic carbocycles. The SMILES string of the molecule is CCCCCC.CCC[CH2][Sn]([Cl])([CH2]CCC)[CH2]CCC. The van der Waals surface area contributed by atoms with Gasteiger partial charge in [-0.05, 0) is 0 Å². The Labute approximate surface area is 138 Å². The molecule has 0 aromatic rings. The van der Waals surface area contributed by atoms with E-state index in [0.29, 0.717) is 0 Å². The van der Waals surface area contributed by atoms with Crippen LogP contribution in [0.5, 0.6) is 0 Å². The monoisotopic (exact) mass is 412 g/mol. The van der Waals surface area contributed by atoms with E-state index >= 15 is 0 Å². The molecule has 0 aliphatic rings. The summed E-state index contributed by atoms with van der Waals surface area (Å²) in [6.07, 6.45) is 13.7. The van der Waals surface area contributed by atoms with Crippen LogP contribution in [-0.2, 0) is 0 Å². The van der Waals surface area contributed by atoms with Crippen molar-refractivity contribution < 1.29 is 0 Å². The Morgan fingerprint density at radius 2 is 0.750 bits per heavy atom. The molecule has 0 unspecified atom stereocenters. The first kappa shape index (κ1) is 23.4. The van der Waals surface area contributed by atoms with Gasteiger partial charge in [0.15, 0.2) is 0 Å². The zero-order chi connectivity index (χ0) is 15.7. The average Bonchev–Trinajstić information content (AvgIpc) is 2.47. The van der Waals surface area contributed by atoms with Crippen LogP contribution in [0.2, 0.25) is 13.3 Å². The normalized spacial score (nSPS) is 11.1. The third-order valence-corrected chi connectivity index (χ3v) is 18.4. The maximum atomic E-state index is 6.89. The Morgan fingerprint density at radius 1 is 0.500 bits per heavy atom. The van der Waals surface area contributed by atoms with E-state index < -0.39 is 17.3 Å². The molecule has 124 valence electrons. The second-order valence-electron chi connectivity index (χ2n) is 6.17. The van der Waals surface area contributed by atoms with Crippen molar-refractivity contribution in [2.45, 2.75) is 112 Å². The van der Waals surface area contributed by atoms with Crippen LogP contribution < -0.4 is 0 Å². The van der Waals surface area contributed by atoms with Gasteiger partial charge in [-0.15, -0.1) is 0 Å². The summed E-state index contributed by atoms with van der Waals surface area (Å²) < 4.78 is 4.27. The van der Waals surface area contributed by atoms with E-state index in [1.807, 2.05) is 0 Å². The Hall–Kier alpha value is 1.09. The second kappa shape index (κ2) is 18.1. The van der Waals surface area contributed by atoms with Gasteiger partial charge in [-0.2, -0.15) is 0 Å². The molecule has 0 nitrogen and oxygen atoms in total. The zero-order valence-corrected chi connectivity index (χ0v) is 18.7. The number of hydrogen-bond donors (Lipinski definition) is 0. The first-order valence-corrected chi connectivity index (χ1v) is 19.0. The van der Waals surface area contributed by atoms with Crippen molar-refractivity contribution in [2.75, 3.05) is 0 Å². The first-order chi connectivity index (χ1) is 9.60. The standard InChI is InChI=1S/C6H14.3C4H9.ClH.Sn/c1-3-5-6-4-2;3*1-3-4-2;;/h3-6H2,1-2H3;3*1,3-4H2,2H3;1H;/q;;;;;+1/p-1. The fraction of sp³-hybridized carbons (Fsp3) is 1.00. The molecule has 0 radical (unpaired) electrons. The van der Waals surface area contributed by atoms with Crippen molar-refractivity contribution in [3.63, 3.8) is 0 Å². The second-order valence-corrected chi connectivity index (χ2v) is 22.4. The Morgan fingerprint density at radius 3 is 0.950 bits per heavy atom. The quantitative estimate of drug-likeness (QED) is 0.224. The number of unbranched alkanes of at least 4 members (excludes halogenated alkanes) is 6. The van der Waals surface area contributed by atoms with Gasteiger partial charge in [-0.1, -0.05) is 39.5 Å². The maximum absolute atomic E-state index is 6.89. The zero-order valence-electron chi connectivity index (χ0n) is 15.1. The van der Waals surface area contributed by atoms with E-state index in [1.165, 1.54) is 77.5 Å². The van der Waals surface area contributed by atoms with Gasteiger partial charge in [-0.3, -0.25) is 0 Å². The molecular weight excluding hydrogens is 370 g/mol. The molecule has 0 saturated heterocycles. The van der Waals surface area contributed by atoms with Gasteiger partial charge in [0, 0.05) is 0 Å². The minimum absolute atomic E-state index is 1.32. The van der Waals surface area contributed by atoms with Gasteiger partial charge < -0.3 is 0 Å². The summed E-state index contributed by atoms with van der Waals surface area (Å²) in [7, 11) is 6.89. The molecule has 0 aromatic heterocycles. The summed E-state index contributed by atoms with van der Waals surface area (Å²) in [5.41, 5.74) is 0. The minimum atomic E-state index is -2.09. The van der Waals surface area contributed by atoms with E-state index in [4.69, 9.17) is 8.92 Å². The van der Waals surface area contributed by atoms with E-state index in [2.05, 4.69) is 34.6 Å². The van der Waals surface area contributed by atoms with Gasteiger partial charge in [0.05, 0.1) is 0 Å². The van der Waals surface area contributed by atoms with Crippen molar-refractivity contribution in [3.05, 3.63) is 0 Å². The summed E-state index contributed by atoms with van der Waals surface area (Å²) in [5.74, 6) is 0. The van der Waals surface area contributed by atoms with Crippen LogP contribution in [0.15, 0.2) is 0 Å². The van der Waals surface area contributed by atoms with Gasteiger partial charge in [0.1, 0.15) is 0 Å². The van der Waals surface area contributed by atoms with Crippen molar-refractivity contribution in [3.8, 4) is 0 Å². The van der Waals surface area contributed by atoms with E-state index in [1.54, 1.807) is 0 Å². The van der Waals surface area contributed by atoms with Crippen molar-refractivity contribution >= 4 is 26.2 Å². The topological polar surface area (TPSA) is 0 Å². The summed E-state index contributed by atoms with van der Waals surface area (Å²) in [4.78, 5) is 0. The average molecular weight is 412 g/mol. The van der Waals surface area contributed by atoms with Crippen molar-refractivity contribution in [2.24, 2.45) is 0 Å². The fourth-order valence-corrected chi connectivity index (χ4v) is 15.6.